The van der Waals surface area contributed by atoms with Gasteiger partial charge < -0.3 is 15.8 Å². The number of aromatic nitrogens is 5. The van der Waals surface area contributed by atoms with Crippen LogP contribution in [-0.2, 0) is 16.6 Å². The molecule has 0 radical (unpaired) electrons. The van der Waals surface area contributed by atoms with E-state index in [0.717, 1.165) is 33.9 Å². The zero-order valence-electron chi connectivity index (χ0n) is 19.2. The lowest BCUT2D eigenvalue weighted by Gasteiger charge is -2.11. The number of methoxy groups -OCH3 is 1. The second kappa shape index (κ2) is 8.26. The predicted octanol–water partition coefficient (Wildman–Crippen LogP) is 3.68. The quantitative estimate of drug-likeness (QED) is 0.426. The molecule has 0 aromatic carbocycles. The number of carbonyl (C=O) groups is 1. The van der Waals surface area contributed by atoms with Crippen molar-refractivity contribution in [3.8, 4) is 11.3 Å². The van der Waals surface area contributed by atoms with Crippen LogP contribution in [0.5, 0.6) is 0 Å². The third-order valence-corrected chi connectivity index (χ3v) is 6.20. The molecule has 0 bridgehead atoms. The highest BCUT2D eigenvalue weighted by atomic mass is 16.5. The zero-order valence-corrected chi connectivity index (χ0v) is 19.2. The van der Waals surface area contributed by atoms with Crippen LogP contribution in [0.1, 0.15) is 29.2 Å². The van der Waals surface area contributed by atoms with Gasteiger partial charge in [-0.05, 0) is 54.0 Å². The minimum atomic E-state index is -0.0751. The third-order valence-electron chi connectivity index (χ3n) is 6.20. The lowest BCUT2D eigenvalue weighted by molar-refractivity contribution is -0.117. The second-order valence-electron chi connectivity index (χ2n) is 8.58. The van der Waals surface area contributed by atoms with Gasteiger partial charge in [0.15, 0.2) is 0 Å². The zero-order chi connectivity index (χ0) is 24.0. The monoisotopic (exact) mass is 455 g/mol. The smallest absolute Gasteiger partial charge is 0.229 e. The van der Waals surface area contributed by atoms with E-state index in [1.807, 2.05) is 44.6 Å². The highest BCUT2D eigenvalue weighted by Crippen LogP contribution is 2.47. The van der Waals surface area contributed by atoms with Crippen LogP contribution in [0.3, 0.4) is 0 Å². The van der Waals surface area contributed by atoms with Crippen LogP contribution >= 0.6 is 0 Å². The molecule has 0 unspecified atom stereocenters. The molecule has 3 N–H and O–H groups in total. The summed E-state index contributed by atoms with van der Waals surface area (Å²) in [7, 11) is 3.43. The van der Waals surface area contributed by atoms with E-state index in [0.29, 0.717) is 28.8 Å². The summed E-state index contributed by atoms with van der Waals surface area (Å²) in [5.41, 5.74) is 10.5. The summed E-state index contributed by atoms with van der Waals surface area (Å²) in [6.07, 6.45) is 7.96. The second-order valence-corrected chi connectivity index (χ2v) is 8.58. The van der Waals surface area contributed by atoms with Gasteiger partial charge in [0.2, 0.25) is 5.91 Å². The number of nitrogens with two attached hydrogens (primary N) is 1. The summed E-state index contributed by atoms with van der Waals surface area (Å²) in [6, 6.07) is 5.64. The molecule has 1 saturated carbocycles. The molecule has 1 amide bonds. The van der Waals surface area contributed by atoms with E-state index in [-0.39, 0.29) is 17.7 Å². The van der Waals surface area contributed by atoms with Crippen LogP contribution in [0.2, 0.25) is 0 Å². The molecule has 1 aliphatic carbocycles. The standard InChI is InChI=1S/C25H25N7O2/c1-13-5-21(14(2)34-4)27-10-19(13)22-6-15-7-23(28-11-20(15)24(26)30-22)31-25(33)18-8-17(18)16-9-29-32(3)12-16/h5-7,9-12,17-18H,2,8H2,1,3-4H3,(H2,26,30)(H,28,31,33)/t17-,18+/m0/s1. The molecule has 9 nitrogen and oxygen atoms in total. The number of nitrogen functional groups attached to an aromatic ring is 1. The summed E-state index contributed by atoms with van der Waals surface area (Å²) in [6.45, 7) is 5.82. The van der Waals surface area contributed by atoms with Crippen molar-refractivity contribution >= 4 is 34.1 Å². The van der Waals surface area contributed by atoms with Crippen molar-refractivity contribution in [2.24, 2.45) is 13.0 Å². The van der Waals surface area contributed by atoms with Gasteiger partial charge in [0.1, 0.15) is 23.1 Å². The van der Waals surface area contributed by atoms with E-state index in [4.69, 9.17) is 10.5 Å². The molecule has 0 aliphatic heterocycles. The lowest BCUT2D eigenvalue weighted by Crippen LogP contribution is -2.15. The van der Waals surface area contributed by atoms with E-state index >= 15 is 0 Å². The summed E-state index contributed by atoms with van der Waals surface area (Å²) in [4.78, 5) is 26.1. The fourth-order valence-electron chi connectivity index (χ4n) is 4.17. The summed E-state index contributed by atoms with van der Waals surface area (Å²) < 4.78 is 6.93. The molecule has 4 aromatic heterocycles. The Balaban J connectivity index is 1.40. The van der Waals surface area contributed by atoms with Gasteiger partial charge in [-0.15, -0.1) is 0 Å². The third kappa shape index (κ3) is 3.96. The van der Waals surface area contributed by atoms with Crippen molar-refractivity contribution in [2.75, 3.05) is 18.2 Å². The van der Waals surface area contributed by atoms with Crippen LogP contribution in [0.15, 0.2) is 49.6 Å². The van der Waals surface area contributed by atoms with Crippen molar-refractivity contribution < 1.29 is 9.53 Å². The van der Waals surface area contributed by atoms with Crippen molar-refractivity contribution in [3.05, 3.63) is 66.4 Å². The lowest BCUT2D eigenvalue weighted by atomic mass is 10.0. The van der Waals surface area contributed by atoms with E-state index in [2.05, 4.69) is 31.9 Å². The Morgan fingerprint density at radius 3 is 2.76 bits per heavy atom. The number of hydrogen-bond donors (Lipinski definition) is 2. The predicted molar refractivity (Wildman–Crippen MR) is 131 cm³/mol. The van der Waals surface area contributed by atoms with Gasteiger partial charge in [0.25, 0.3) is 0 Å². The Labute approximate surface area is 196 Å². The van der Waals surface area contributed by atoms with E-state index < -0.39 is 0 Å². The van der Waals surface area contributed by atoms with Crippen molar-refractivity contribution in [3.63, 3.8) is 0 Å². The molecule has 0 spiro atoms. The Bertz CT molecular complexity index is 1440. The Morgan fingerprint density at radius 2 is 2.06 bits per heavy atom. The van der Waals surface area contributed by atoms with Gasteiger partial charge in [-0.3, -0.25) is 14.5 Å². The van der Waals surface area contributed by atoms with Crippen LogP contribution in [-0.4, -0.2) is 37.7 Å². The van der Waals surface area contributed by atoms with Gasteiger partial charge in [0.05, 0.1) is 19.0 Å². The summed E-state index contributed by atoms with van der Waals surface area (Å²) >= 11 is 0. The molecule has 2 atom stereocenters. The molecule has 9 heteroatoms. The minimum Gasteiger partial charge on any atom is -0.495 e. The number of aryl methyl sites for hydroxylation is 2. The van der Waals surface area contributed by atoms with Crippen LogP contribution < -0.4 is 11.1 Å². The summed E-state index contributed by atoms with van der Waals surface area (Å²) in [5.74, 6) is 1.42. The summed E-state index contributed by atoms with van der Waals surface area (Å²) in [5, 5.41) is 8.69. The van der Waals surface area contributed by atoms with Gasteiger partial charge in [-0.1, -0.05) is 6.58 Å². The van der Waals surface area contributed by atoms with Gasteiger partial charge >= 0.3 is 0 Å². The SMILES string of the molecule is C=C(OC)c1cc(C)c(-c2cc3cc(NC(=O)[C@@H]4C[C@H]4c4cnn(C)c4)ncc3c(N)n2)cn1. The maximum atomic E-state index is 12.8. The molecule has 0 saturated heterocycles. The number of fused-ring (bicyclic) bond motifs is 1. The number of nitrogens with zero attached hydrogens (tertiary/aromatic N) is 5. The first-order valence-electron chi connectivity index (χ1n) is 10.9. The molecule has 5 rings (SSSR count). The number of ether oxygens (including phenoxy) is 1. The average Bonchev–Trinajstić information content (AvgIpc) is 3.51. The highest BCUT2D eigenvalue weighted by Gasteiger charge is 2.44. The number of rotatable bonds is 6. The van der Waals surface area contributed by atoms with Crippen LogP contribution in [0.4, 0.5) is 11.6 Å². The number of hydrogen-bond acceptors (Lipinski definition) is 7. The first-order valence-corrected chi connectivity index (χ1v) is 10.9. The van der Waals surface area contributed by atoms with Gasteiger partial charge in [0, 0.05) is 42.5 Å². The molecule has 172 valence electrons. The Hall–Kier alpha value is -4.27. The first kappa shape index (κ1) is 21.6. The molecule has 4 aromatic rings. The number of pyridine rings is 3. The number of anilines is 2. The van der Waals surface area contributed by atoms with Crippen molar-refractivity contribution in [2.45, 2.75) is 19.3 Å². The van der Waals surface area contributed by atoms with Crippen LogP contribution in [0, 0.1) is 12.8 Å². The Morgan fingerprint density at radius 1 is 1.24 bits per heavy atom. The molecule has 1 fully saturated rings. The van der Waals surface area contributed by atoms with E-state index in [1.165, 1.54) is 0 Å². The molecular weight excluding hydrogens is 430 g/mol. The van der Waals surface area contributed by atoms with Crippen molar-refractivity contribution in [1.82, 2.24) is 24.7 Å². The molecule has 34 heavy (non-hydrogen) atoms. The number of carbonyl (C=O) groups excluding carboxylic acids is 1. The Kier molecular flexibility index (Phi) is 5.24. The topological polar surface area (TPSA) is 121 Å². The largest absolute Gasteiger partial charge is 0.495 e. The number of nitrogens with one attached hydrogen (secondary N) is 1. The molecule has 4 heterocycles. The van der Waals surface area contributed by atoms with Gasteiger partial charge in [-0.2, -0.15) is 5.10 Å². The normalized spacial score (nSPS) is 16.9. The van der Waals surface area contributed by atoms with E-state index in [9.17, 15) is 4.79 Å². The highest BCUT2D eigenvalue weighted by molar-refractivity contribution is 5.98. The number of amides is 1. The van der Waals surface area contributed by atoms with E-state index in [1.54, 1.807) is 24.2 Å². The molecular formula is C25H25N7O2. The average molecular weight is 456 g/mol. The van der Waals surface area contributed by atoms with Crippen molar-refractivity contribution in [1.29, 1.82) is 0 Å². The fourth-order valence-corrected chi connectivity index (χ4v) is 4.17. The maximum absolute atomic E-state index is 12.8. The maximum Gasteiger partial charge on any atom is 0.229 e. The fraction of sp³-hybridized carbons (Fsp3) is 0.240. The van der Waals surface area contributed by atoms with Crippen LogP contribution in [0.25, 0.3) is 27.8 Å². The first-order chi connectivity index (χ1) is 16.3. The van der Waals surface area contributed by atoms with Gasteiger partial charge in [-0.25, -0.2) is 9.97 Å². The molecule has 1 aliphatic rings. The minimum absolute atomic E-state index is 0.0445.